The lowest BCUT2D eigenvalue weighted by molar-refractivity contribution is 0.0553. The predicted octanol–water partition coefficient (Wildman–Crippen LogP) is 4.31. The van der Waals surface area contributed by atoms with Gasteiger partial charge in [0.25, 0.3) is 11.8 Å². The maximum Gasteiger partial charge on any atom is 0.255 e. The zero-order chi connectivity index (χ0) is 21.4. The summed E-state index contributed by atoms with van der Waals surface area (Å²) in [5.41, 5.74) is 1.09. The number of piperidine rings is 1. The van der Waals surface area contributed by atoms with Gasteiger partial charge in [0.05, 0.1) is 11.3 Å². The standard InChI is InChI=1S/C24H28FN3O2/c1-23(2)13-6-14-28(16-23)22(30)18-9-12-20(26-15-18)24(25,19-10-11-19)27-21(29)17-7-4-3-5-8-17/h3-5,7-9,12,15,19H,6,10-11,13-14,16H2,1-2H3,(H,27,29). The van der Waals surface area contributed by atoms with Crippen LogP contribution in [0.1, 0.15) is 65.9 Å². The van der Waals surface area contributed by atoms with Crippen molar-refractivity contribution in [2.45, 2.75) is 45.3 Å². The summed E-state index contributed by atoms with van der Waals surface area (Å²) in [7, 11) is 0. The first-order chi connectivity index (χ1) is 14.3. The first-order valence-electron chi connectivity index (χ1n) is 10.6. The van der Waals surface area contributed by atoms with Crippen LogP contribution in [0.15, 0.2) is 48.7 Å². The molecule has 30 heavy (non-hydrogen) atoms. The summed E-state index contributed by atoms with van der Waals surface area (Å²) in [4.78, 5) is 31.6. The summed E-state index contributed by atoms with van der Waals surface area (Å²) in [6.07, 6.45) is 4.89. The van der Waals surface area contributed by atoms with Crippen molar-refractivity contribution in [1.29, 1.82) is 0 Å². The lowest BCUT2D eigenvalue weighted by Crippen LogP contribution is -2.45. The number of pyridine rings is 1. The number of hydrogen-bond acceptors (Lipinski definition) is 3. The number of nitrogens with one attached hydrogen (secondary N) is 1. The minimum atomic E-state index is -2.04. The summed E-state index contributed by atoms with van der Waals surface area (Å²) in [6, 6.07) is 11.7. The van der Waals surface area contributed by atoms with Gasteiger partial charge in [-0.2, -0.15) is 0 Å². The van der Waals surface area contributed by atoms with E-state index in [1.165, 1.54) is 12.3 Å². The second-order valence-corrected chi connectivity index (χ2v) is 9.23. The van der Waals surface area contributed by atoms with Gasteiger partial charge in [0.1, 0.15) is 0 Å². The fourth-order valence-electron chi connectivity index (χ4n) is 4.20. The van der Waals surface area contributed by atoms with Gasteiger partial charge in [-0.25, -0.2) is 4.39 Å². The zero-order valence-electron chi connectivity index (χ0n) is 17.5. The first-order valence-corrected chi connectivity index (χ1v) is 10.6. The molecule has 1 aromatic heterocycles. The van der Waals surface area contributed by atoms with Crippen LogP contribution in [0.3, 0.4) is 0 Å². The molecule has 4 rings (SSSR count). The molecule has 2 aromatic rings. The molecule has 2 amide bonds. The summed E-state index contributed by atoms with van der Waals surface area (Å²) in [5, 5.41) is 2.55. The molecule has 1 atom stereocenters. The molecule has 1 N–H and O–H groups in total. The highest BCUT2D eigenvalue weighted by Gasteiger charge is 2.49. The maximum atomic E-state index is 15.9. The number of benzene rings is 1. The minimum Gasteiger partial charge on any atom is -0.338 e. The van der Waals surface area contributed by atoms with Gasteiger partial charge in [-0.1, -0.05) is 32.0 Å². The van der Waals surface area contributed by atoms with Crippen molar-refractivity contribution < 1.29 is 14.0 Å². The van der Waals surface area contributed by atoms with Crippen molar-refractivity contribution in [3.63, 3.8) is 0 Å². The van der Waals surface area contributed by atoms with Crippen LogP contribution in [0.2, 0.25) is 0 Å². The molecule has 1 aliphatic heterocycles. The van der Waals surface area contributed by atoms with Gasteiger partial charge in [-0.05, 0) is 55.4 Å². The Hall–Kier alpha value is -2.76. The number of halogens is 1. The third-order valence-electron chi connectivity index (χ3n) is 6.04. The molecule has 2 heterocycles. The quantitative estimate of drug-likeness (QED) is 0.749. The van der Waals surface area contributed by atoms with Crippen molar-refractivity contribution in [3.05, 3.63) is 65.5 Å². The Labute approximate surface area is 176 Å². The molecule has 1 aromatic carbocycles. The molecule has 1 unspecified atom stereocenters. The van der Waals surface area contributed by atoms with Crippen LogP contribution in [0, 0.1) is 11.3 Å². The van der Waals surface area contributed by atoms with Gasteiger partial charge < -0.3 is 10.2 Å². The number of likely N-dealkylation sites (tertiary alicyclic amines) is 1. The second-order valence-electron chi connectivity index (χ2n) is 9.23. The molecule has 2 aliphatic rings. The Kier molecular flexibility index (Phi) is 5.35. The van der Waals surface area contributed by atoms with Crippen molar-refractivity contribution >= 4 is 11.8 Å². The number of nitrogens with zero attached hydrogens (tertiary/aromatic N) is 2. The van der Waals surface area contributed by atoms with Gasteiger partial charge in [0, 0.05) is 30.8 Å². The molecule has 0 radical (unpaired) electrons. The largest absolute Gasteiger partial charge is 0.338 e. The number of rotatable bonds is 5. The lowest BCUT2D eigenvalue weighted by atomic mass is 9.84. The van der Waals surface area contributed by atoms with E-state index in [1.807, 2.05) is 4.90 Å². The highest BCUT2D eigenvalue weighted by Crippen LogP contribution is 2.46. The van der Waals surface area contributed by atoms with E-state index in [0.29, 0.717) is 30.5 Å². The second kappa shape index (κ2) is 7.82. The van der Waals surface area contributed by atoms with Crippen LogP contribution in [-0.4, -0.2) is 34.8 Å². The number of carbonyl (C=O) groups is 2. The summed E-state index contributed by atoms with van der Waals surface area (Å²) >= 11 is 0. The molecule has 1 aliphatic carbocycles. The molecule has 158 valence electrons. The van der Waals surface area contributed by atoms with Crippen LogP contribution in [0.4, 0.5) is 4.39 Å². The Morgan fingerprint density at radius 1 is 1.13 bits per heavy atom. The topological polar surface area (TPSA) is 62.3 Å². The van der Waals surface area contributed by atoms with E-state index in [-0.39, 0.29) is 22.9 Å². The van der Waals surface area contributed by atoms with Crippen LogP contribution in [0.25, 0.3) is 0 Å². The monoisotopic (exact) mass is 409 g/mol. The number of hydrogen-bond donors (Lipinski definition) is 1. The van der Waals surface area contributed by atoms with E-state index in [4.69, 9.17) is 0 Å². The summed E-state index contributed by atoms with van der Waals surface area (Å²) in [6.45, 7) is 5.76. The third kappa shape index (κ3) is 4.23. The normalized spacial score (nSPS) is 20.3. The van der Waals surface area contributed by atoms with Crippen molar-refractivity contribution in [2.24, 2.45) is 11.3 Å². The zero-order valence-corrected chi connectivity index (χ0v) is 17.5. The number of aromatic nitrogens is 1. The average Bonchev–Trinajstić information content (AvgIpc) is 3.59. The van der Waals surface area contributed by atoms with Gasteiger partial charge >= 0.3 is 0 Å². The Balaban J connectivity index is 1.52. The molecule has 0 bridgehead atoms. The molecule has 1 saturated carbocycles. The van der Waals surface area contributed by atoms with Crippen LogP contribution >= 0.6 is 0 Å². The van der Waals surface area contributed by atoms with Crippen LogP contribution in [0.5, 0.6) is 0 Å². The summed E-state index contributed by atoms with van der Waals surface area (Å²) < 4.78 is 15.9. The minimum absolute atomic E-state index is 0.0778. The lowest BCUT2D eigenvalue weighted by Gasteiger charge is -2.38. The van der Waals surface area contributed by atoms with Gasteiger partial charge in [-0.3, -0.25) is 14.6 Å². The SMILES string of the molecule is CC1(C)CCCN(C(=O)c2ccc(C(F)(NC(=O)c3ccccc3)C3CC3)nc2)C1. The Bertz CT molecular complexity index is 925. The van der Waals surface area contributed by atoms with E-state index in [2.05, 4.69) is 24.1 Å². The van der Waals surface area contributed by atoms with Crippen molar-refractivity contribution in [3.8, 4) is 0 Å². The van der Waals surface area contributed by atoms with Gasteiger partial charge in [0.2, 0.25) is 5.79 Å². The van der Waals surface area contributed by atoms with Crippen molar-refractivity contribution in [1.82, 2.24) is 15.2 Å². The summed E-state index contributed by atoms with van der Waals surface area (Å²) in [5.74, 6) is -2.89. The van der Waals surface area contributed by atoms with E-state index in [9.17, 15) is 9.59 Å². The number of carbonyl (C=O) groups excluding carboxylic acids is 2. The highest BCUT2D eigenvalue weighted by molar-refractivity contribution is 5.95. The van der Waals surface area contributed by atoms with Crippen LogP contribution in [-0.2, 0) is 5.79 Å². The highest BCUT2D eigenvalue weighted by atomic mass is 19.1. The fourth-order valence-corrected chi connectivity index (χ4v) is 4.20. The molecule has 0 spiro atoms. The fraction of sp³-hybridized carbons (Fsp3) is 0.458. The third-order valence-corrected chi connectivity index (χ3v) is 6.04. The Morgan fingerprint density at radius 2 is 1.87 bits per heavy atom. The maximum absolute atomic E-state index is 15.9. The molecule has 6 heteroatoms. The molecular formula is C24H28FN3O2. The van der Waals surface area contributed by atoms with Crippen LogP contribution < -0.4 is 5.32 Å². The Morgan fingerprint density at radius 3 is 2.47 bits per heavy atom. The first kappa shape index (κ1) is 20.5. The number of alkyl halides is 1. The molecule has 5 nitrogen and oxygen atoms in total. The molecular weight excluding hydrogens is 381 g/mol. The van der Waals surface area contributed by atoms with Gasteiger partial charge in [-0.15, -0.1) is 0 Å². The van der Waals surface area contributed by atoms with Crippen molar-refractivity contribution in [2.75, 3.05) is 13.1 Å². The van der Waals surface area contributed by atoms with Gasteiger partial charge in [0.15, 0.2) is 0 Å². The van der Waals surface area contributed by atoms with E-state index in [1.54, 1.807) is 36.4 Å². The van der Waals surface area contributed by atoms with E-state index >= 15 is 4.39 Å². The van der Waals surface area contributed by atoms with E-state index in [0.717, 1.165) is 19.4 Å². The van der Waals surface area contributed by atoms with E-state index < -0.39 is 11.7 Å². The molecule has 1 saturated heterocycles. The number of amides is 2. The molecule has 2 fully saturated rings. The average molecular weight is 410 g/mol. The predicted molar refractivity (Wildman–Crippen MR) is 113 cm³/mol. The smallest absolute Gasteiger partial charge is 0.255 e.